The minimum atomic E-state index is -3.56. The minimum absolute atomic E-state index is 0.0421. The third-order valence-electron chi connectivity index (χ3n) is 8.36. The van der Waals surface area contributed by atoms with Crippen molar-refractivity contribution >= 4 is 39.4 Å². The average molecular weight is 642 g/mol. The number of esters is 1. The maximum atomic E-state index is 14.2. The van der Waals surface area contributed by atoms with Gasteiger partial charge in [-0.05, 0) is 41.7 Å². The van der Waals surface area contributed by atoms with Gasteiger partial charge in [-0.2, -0.15) is 0 Å². The molecule has 2 N–H and O–H groups in total. The number of hydrogen-bond acceptors (Lipinski definition) is 7. The van der Waals surface area contributed by atoms with E-state index in [0.29, 0.717) is 29.0 Å². The number of benzene rings is 2. The molecule has 2 aliphatic carbocycles. The molecule has 1 aliphatic heterocycles. The number of sulfonamides is 1. The predicted molar refractivity (Wildman–Crippen MR) is 165 cm³/mol. The number of fused-ring (bicyclic) bond motifs is 1. The van der Waals surface area contributed by atoms with E-state index >= 15 is 0 Å². The van der Waals surface area contributed by atoms with Crippen LogP contribution < -0.4 is 10.2 Å². The summed E-state index contributed by atoms with van der Waals surface area (Å²) < 4.78 is 32.2. The highest BCUT2D eigenvalue weighted by Crippen LogP contribution is 2.43. The Balaban J connectivity index is 1.46. The number of methoxy groups -OCH3 is 1. The molecule has 0 bridgehead atoms. The Bertz CT molecular complexity index is 1590. The topological polar surface area (TPSA) is 131 Å². The van der Waals surface area contributed by atoms with E-state index in [1.54, 1.807) is 53.4 Å². The van der Waals surface area contributed by atoms with Gasteiger partial charge in [-0.1, -0.05) is 79.1 Å². The molecular formula is C32H36ClN3O7S. The van der Waals surface area contributed by atoms with Crippen LogP contribution in [0, 0.1) is 5.92 Å². The molecule has 12 heteroatoms. The highest BCUT2D eigenvalue weighted by atomic mass is 35.5. The van der Waals surface area contributed by atoms with Crippen LogP contribution in [0.25, 0.3) is 0 Å². The van der Waals surface area contributed by atoms with Crippen molar-refractivity contribution in [2.45, 2.75) is 62.8 Å². The molecule has 0 aromatic heterocycles. The van der Waals surface area contributed by atoms with Crippen LogP contribution in [-0.2, 0) is 42.2 Å². The number of hydrogen-bond donors (Lipinski definition) is 2. The summed E-state index contributed by atoms with van der Waals surface area (Å²) in [6, 6.07) is 12.6. The Hall–Kier alpha value is -3.51. The second kappa shape index (κ2) is 13.6. The van der Waals surface area contributed by atoms with E-state index in [1.807, 2.05) is 18.2 Å². The molecule has 2 aromatic rings. The van der Waals surface area contributed by atoms with Crippen molar-refractivity contribution in [3.63, 3.8) is 0 Å². The minimum Gasteiger partial charge on any atom is -0.469 e. The third-order valence-corrected chi connectivity index (χ3v) is 9.34. The number of rotatable bonds is 10. The van der Waals surface area contributed by atoms with E-state index in [9.17, 15) is 22.8 Å². The van der Waals surface area contributed by atoms with E-state index in [1.165, 1.54) is 7.11 Å². The van der Waals surface area contributed by atoms with Crippen LogP contribution in [0.2, 0.25) is 0 Å². The molecule has 2 amide bonds. The fourth-order valence-electron chi connectivity index (χ4n) is 6.55. The van der Waals surface area contributed by atoms with Gasteiger partial charge >= 0.3 is 5.97 Å². The van der Waals surface area contributed by atoms with Crippen molar-refractivity contribution in [2.24, 2.45) is 5.92 Å². The lowest BCUT2D eigenvalue weighted by Gasteiger charge is -2.50. The maximum Gasteiger partial charge on any atom is 0.309 e. The lowest BCUT2D eigenvalue weighted by atomic mass is 9.74. The van der Waals surface area contributed by atoms with Gasteiger partial charge in [-0.25, -0.2) is 18.6 Å². The van der Waals surface area contributed by atoms with Gasteiger partial charge in [0, 0.05) is 28.6 Å². The van der Waals surface area contributed by atoms with Crippen molar-refractivity contribution in [1.29, 1.82) is 0 Å². The van der Waals surface area contributed by atoms with Gasteiger partial charge < -0.3 is 9.64 Å². The molecule has 5 rings (SSSR count). The fraction of sp³-hybridized carbons (Fsp3) is 0.406. The number of amides is 2. The van der Waals surface area contributed by atoms with Crippen LogP contribution in [0.3, 0.4) is 0 Å². The number of hydroxylamine groups is 1. The molecule has 0 spiro atoms. The monoisotopic (exact) mass is 641 g/mol. The van der Waals surface area contributed by atoms with Crippen LogP contribution in [0.1, 0.15) is 58.6 Å². The van der Waals surface area contributed by atoms with Crippen molar-refractivity contribution in [2.75, 3.05) is 13.4 Å². The molecule has 3 aliphatic rings. The van der Waals surface area contributed by atoms with E-state index in [4.69, 9.17) is 21.2 Å². The number of allylic oxidation sites excluding steroid dienone is 2. The Morgan fingerprint density at radius 2 is 1.82 bits per heavy atom. The molecule has 5 atom stereocenters. The van der Waals surface area contributed by atoms with E-state index in [0.717, 1.165) is 30.2 Å². The van der Waals surface area contributed by atoms with Crippen molar-refractivity contribution in [3.05, 3.63) is 94.0 Å². The van der Waals surface area contributed by atoms with Crippen LogP contribution in [0.5, 0.6) is 0 Å². The molecule has 1 saturated carbocycles. The van der Waals surface area contributed by atoms with Gasteiger partial charge in [0.05, 0.1) is 38.4 Å². The van der Waals surface area contributed by atoms with Gasteiger partial charge in [0.15, 0.2) is 0 Å². The van der Waals surface area contributed by atoms with Gasteiger partial charge in [-0.15, -0.1) is 0 Å². The first-order valence-corrected chi connectivity index (χ1v) is 16.8. The standard InChI is InChI=1S/C32H36ClN3O7S/c1-42-28(37)17-20-8-7-9-21(16-20)19-43-34-31(38)29-24-10-3-4-11-25(24)32(39)36(30(29)22-14-15-23(33)18-22)27-13-6-5-12-26(27)35-44(2,40)41/h3-4,7-11,14-16,18,22,26-27,29-30,35H,5-6,12-13,17,19H2,1-2H3,(H,34,38)/t22?,26-,27-,29+,30?/m0/s1. The number of nitrogens with zero attached hydrogens (tertiary/aromatic N) is 1. The average Bonchev–Trinajstić information content (AvgIpc) is 3.42. The molecule has 1 fully saturated rings. The number of carbonyl (C=O) groups excluding carboxylic acids is 3. The van der Waals surface area contributed by atoms with Crippen molar-refractivity contribution < 1.29 is 32.4 Å². The Morgan fingerprint density at radius 3 is 2.55 bits per heavy atom. The molecule has 2 unspecified atom stereocenters. The Morgan fingerprint density at radius 1 is 1.07 bits per heavy atom. The molecule has 44 heavy (non-hydrogen) atoms. The molecule has 1 heterocycles. The normalized spacial score (nSPS) is 24.9. The van der Waals surface area contributed by atoms with Crippen LogP contribution in [0.4, 0.5) is 0 Å². The number of carbonyl (C=O) groups is 3. The van der Waals surface area contributed by atoms with E-state index in [2.05, 4.69) is 10.2 Å². The largest absolute Gasteiger partial charge is 0.469 e. The van der Waals surface area contributed by atoms with Gasteiger partial charge in [0.2, 0.25) is 10.0 Å². The number of halogens is 1. The first kappa shape index (κ1) is 31.9. The molecule has 10 nitrogen and oxygen atoms in total. The molecule has 0 radical (unpaired) electrons. The highest BCUT2D eigenvalue weighted by molar-refractivity contribution is 7.88. The first-order valence-electron chi connectivity index (χ1n) is 14.6. The number of nitrogens with one attached hydrogen (secondary N) is 2. The second-order valence-corrected chi connectivity index (χ2v) is 13.6. The summed E-state index contributed by atoms with van der Waals surface area (Å²) in [5.74, 6) is -2.30. The van der Waals surface area contributed by atoms with Gasteiger partial charge in [-0.3, -0.25) is 19.2 Å². The van der Waals surface area contributed by atoms with Gasteiger partial charge in [0.25, 0.3) is 11.8 Å². The smallest absolute Gasteiger partial charge is 0.309 e. The molecule has 234 valence electrons. The summed E-state index contributed by atoms with van der Waals surface area (Å²) in [6.07, 6.45) is 9.45. The lowest BCUT2D eigenvalue weighted by Crippen LogP contribution is -2.63. The molecular weight excluding hydrogens is 606 g/mol. The van der Waals surface area contributed by atoms with Crippen LogP contribution in [0.15, 0.2) is 71.8 Å². The summed E-state index contributed by atoms with van der Waals surface area (Å²) in [6.45, 7) is 0.0421. The summed E-state index contributed by atoms with van der Waals surface area (Å²) >= 11 is 6.37. The maximum absolute atomic E-state index is 14.2. The predicted octanol–water partition coefficient (Wildman–Crippen LogP) is 3.73. The van der Waals surface area contributed by atoms with Crippen molar-refractivity contribution in [3.8, 4) is 0 Å². The Labute approximate surface area is 262 Å². The zero-order chi connectivity index (χ0) is 31.4. The highest BCUT2D eigenvalue weighted by Gasteiger charge is 2.50. The zero-order valence-electron chi connectivity index (χ0n) is 24.6. The number of ether oxygens (including phenoxy) is 1. The molecule has 2 aromatic carbocycles. The first-order chi connectivity index (χ1) is 21.1. The SMILES string of the molecule is COC(=O)Cc1cccc(CONC(=O)[C@@H]2c3ccccc3C(=O)N([C@H]3CCCC[C@@H]3NS(C)(=O)=O)C2C2C=CC(Cl)=C2)c1. The summed E-state index contributed by atoms with van der Waals surface area (Å²) in [7, 11) is -2.23. The summed E-state index contributed by atoms with van der Waals surface area (Å²) in [5, 5.41) is 0.498. The van der Waals surface area contributed by atoms with E-state index in [-0.39, 0.29) is 24.9 Å². The fourth-order valence-corrected chi connectivity index (χ4v) is 7.59. The second-order valence-electron chi connectivity index (χ2n) is 11.4. The quantitative estimate of drug-likeness (QED) is 0.299. The lowest BCUT2D eigenvalue weighted by molar-refractivity contribution is -0.140. The van der Waals surface area contributed by atoms with Crippen LogP contribution in [-0.4, -0.2) is 62.6 Å². The summed E-state index contributed by atoms with van der Waals surface area (Å²) in [5.41, 5.74) is 5.06. The zero-order valence-corrected chi connectivity index (χ0v) is 26.1. The third kappa shape index (κ3) is 7.23. The van der Waals surface area contributed by atoms with Crippen molar-refractivity contribution in [1.82, 2.24) is 15.1 Å². The molecule has 0 saturated heterocycles. The Kier molecular flexibility index (Phi) is 9.89. The van der Waals surface area contributed by atoms with Gasteiger partial charge in [0.1, 0.15) is 0 Å². The van der Waals surface area contributed by atoms with Crippen LogP contribution >= 0.6 is 11.6 Å². The van der Waals surface area contributed by atoms with E-state index < -0.39 is 45.9 Å². The summed E-state index contributed by atoms with van der Waals surface area (Å²) in [4.78, 5) is 47.4.